The van der Waals surface area contributed by atoms with Crippen LogP contribution in [0.4, 0.5) is 0 Å². The number of likely N-dealkylation sites (N-methyl/N-ethyl adjacent to an activating group) is 1. The van der Waals surface area contributed by atoms with Crippen molar-refractivity contribution in [2.75, 3.05) is 19.6 Å². The van der Waals surface area contributed by atoms with Gasteiger partial charge in [-0.2, -0.15) is 0 Å². The van der Waals surface area contributed by atoms with Crippen molar-refractivity contribution >= 4 is 0 Å². The molecule has 1 saturated heterocycles. The second kappa shape index (κ2) is 5.69. The zero-order valence-corrected chi connectivity index (χ0v) is 9.66. The number of piperidine rings is 1. The third-order valence-electron chi connectivity index (χ3n) is 3.36. The van der Waals surface area contributed by atoms with E-state index in [9.17, 15) is 5.11 Å². The van der Waals surface area contributed by atoms with Gasteiger partial charge >= 0.3 is 0 Å². The van der Waals surface area contributed by atoms with E-state index in [-0.39, 0.29) is 12.1 Å². The van der Waals surface area contributed by atoms with Gasteiger partial charge in [-0.15, -0.1) is 0 Å². The van der Waals surface area contributed by atoms with Gasteiger partial charge in [-0.1, -0.05) is 6.92 Å². The number of hydrogen-bond acceptors (Lipinski definition) is 3. The molecule has 14 heavy (non-hydrogen) atoms. The van der Waals surface area contributed by atoms with Gasteiger partial charge in [-0.3, -0.25) is 4.90 Å². The van der Waals surface area contributed by atoms with Gasteiger partial charge in [0.05, 0.1) is 6.10 Å². The normalized spacial score (nSPS) is 23.8. The van der Waals surface area contributed by atoms with Crippen LogP contribution in [-0.4, -0.2) is 47.8 Å². The lowest BCUT2D eigenvalue weighted by Crippen LogP contribution is -2.50. The SMILES string of the molecule is CCN(C1CCNCC1)C(C)C(C)O. The van der Waals surface area contributed by atoms with Gasteiger partial charge in [0.15, 0.2) is 0 Å². The van der Waals surface area contributed by atoms with Gasteiger partial charge in [0.25, 0.3) is 0 Å². The number of aliphatic hydroxyl groups is 1. The molecule has 84 valence electrons. The number of hydrogen-bond donors (Lipinski definition) is 2. The van der Waals surface area contributed by atoms with Crippen LogP contribution in [0.5, 0.6) is 0 Å². The van der Waals surface area contributed by atoms with Crippen LogP contribution in [0, 0.1) is 0 Å². The van der Waals surface area contributed by atoms with E-state index < -0.39 is 0 Å². The molecule has 2 N–H and O–H groups in total. The van der Waals surface area contributed by atoms with Crippen molar-refractivity contribution in [2.24, 2.45) is 0 Å². The van der Waals surface area contributed by atoms with E-state index >= 15 is 0 Å². The first-order valence-corrected chi connectivity index (χ1v) is 5.81. The maximum atomic E-state index is 9.60. The lowest BCUT2D eigenvalue weighted by atomic mass is 10.0. The van der Waals surface area contributed by atoms with Crippen LogP contribution in [0.25, 0.3) is 0 Å². The minimum absolute atomic E-state index is 0.232. The molecule has 3 heteroatoms. The van der Waals surface area contributed by atoms with Crippen LogP contribution in [-0.2, 0) is 0 Å². The maximum Gasteiger partial charge on any atom is 0.0664 e. The predicted molar refractivity (Wildman–Crippen MR) is 59.4 cm³/mol. The summed E-state index contributed by atoms with van der Waals surface area (Å²) in [4.78, 5) is 2.44. The summed E-state index contributed by atoms with van der Waals surface area (Å²) < 4.78 is 0. The molecule has 0 aromatic carbocycles. The fourth-order valence-electron chi connectivity index (χ4n) is 2.29. The van der Waals surface area contributed by atoms with Gasteiger partial charge in [0, 0.05) is 12.1 Å². The molecule has 1 heterocycles. The summed E-state index contributed by atoms with van der Waals surface area (Å²) >= 11 is 0. The number of rotatable bonds is 4. The van der Waals surface area contributed by atoms with E-state index in [1.54, 1.807) is 0 Å². The lowest BCUT2D eigenvalue weighted by molar-refractivity contribution is 0.0368. The Hall–Kier alpha value is -0.120. The van der Waals surface area contributed by atoms with E-state index in [1.807, 2.05) is 6.92 Å². The molecule has 0 aromatic rings. The molecule has 0 saturated carbocycles. The average molecular weight is 200 g/mol. The highest BCUT2D eigenvalue weighted by molar-refractivity contribution is 4.82. The Bertz CT molecular complexity index is 155. The summed E-state index contributed by atoms with van der Waals surface area (Å²) in [6.07, 6.45) is 2.19. The molecule has 1 aliphatic heterocycles. The Kier molecular flexibility index (Phi) is 4.85. The van der Waals surface area contributed by atoms with Crippen molar-refractivity contribution in [3.05, 3.63) is 0 Å². The largest absolute Gasteiger partial charge is 0.392 e. The molecular formula is C11H24N2O. The van der Waals surface area contributed by atoms with Gasteiger partial charge in [0.2, 0.25) is 0 Å². The molecule has 2 unspecified atom stereocenters. The number of nitrogens with zero attached hydrogens (tertiary/aromatic N) is 1. The molecule has 0 amide bonds. The predicted octanol–water partition coefficient (Wildman–Crippen LogP) is 0.830. The molecule has 0 aromatic heterocycles. The van der Waals surface area contributed by atoms with Crippen LogP contribution in [0.1, 0.15) is 33.6 Å². The van der Waals surface area contributed by atoms with E-state index in [2.05, 4.69) is 24.1 Å². The molecule has 1 rings (SSSR count). The summed E-state index contributed by atoms with van der Waals surface area (Å²) in [7, 11) is 0. The second-order valence-electron chi connectivity index (χ2n) is 4.29. The Labute approximate surface area is 87.5 Å². The van der Waals surface area contributed by atoms with Crippen molar-refractivity contribution in [2.45, 2.75) is 51.8 Å². The monoisotopic (exact) mass is 200 g/mol. The van der Waals surface area contributed by atoms with Crippen LogP contribution in [0.3, 0.4) is 0 Å². The third kappa shape index (κ3) is 2.94. The van der Waals surface area contributed by atoms with Gasteiger partial charge in [-0.05, 0) is 46.3 Å². The minimum Gasteiger partial charge on any atom is -0.392 e. The van der Waals surface area contributed by atoms with Crippen molar-refractivity contribution in [1.29, 1.82) is 0 Å². The molecule has 2 atom stereocenters. The fourth-order valence-corrected chi connectivity index (χ4v) is 2.29. The molecule has 3 nitrogen and oxygen atoms in total. The molecule has 0 spiro atoms. The second-order valence-corrected chi connectivity index (χ2v) is 4.29. The van der Waals surface area contributed by atoms with E-state index in [0.717, 1.165) is 19.6 Å². The van der Waals surface area contributed by atoms with Crippen LogP contribution < -0.4 is 5.32 Å². The molecule has 1 fully saturated rings. The maximum absolute atomic E-state index is 9.60. The summed E-state index contributed by atoms with van der Waals surface area (Å²) in [6.45, 7) is 9.46. The lowest BCUT2D eigenvalue weighted by Gasteiger charge is -2.39. The van der Waals surface area contributed by atoms with Gasteiger partial charge in [-0.25, -0.2) is 0 Å². The minimum atomic E-state index is -0.232. The highest BCUT2D eigenvalue weighted by atomic mass is 16.3. The van der Waals surface area contributed by atoms with Crippen LogP contribution in [0.2, 0.25) is 0 Å². The standard InChI is InChI=1S/C11H24N2O/c1-4-13(9(2)10(3)14)11-5-7-12-8-6-11/h9-12,14H,4-8H2,1-3H3. The molecule has 0 aliphatic carbocycles. The Morgan fingerprint density at radius 1 is 1.36 bits per heavy atom. The third-order valence-corrected chi connectivity index (χ3v) is 3.36. The Morgan fingerprint density at radius 2 is 1.93 bits per heavy atom. The first-order chi connectivity index (χ1) is 6.66. The van der Waals surface area contributed by atoms with Crippen LogP contribution in [0.15, 0.2) is 0 Å². The summed E-state index contributed by atoms with van der Waals surface area (Å²) in [5.41, 5.74) is 0. The van der Waals surface area contributed by atoms with Crippen molar-refractivity contribution in [3.63, 3.8) is 0 Å². The van der Waals surface area contributed by atoms with Crippen molar-refractivity contribution in [1.82, 2.24) is 10.2 Å². The molecular weight excluding hydrogens is 176 g/mol. The van der Waals surface area contributed by atoms with Crippen molar-refractivity contribution in [3.8, 4) is 0 Å². The van der Waals surface area contributed by atoms with E-state index in [0.29, 0.717) is 6.04 Å². The average Bonchev–Trinajstić information content (AvgIpc) is 2.20. The van der Waals surface area contributed by atoms with Gasteiger partial charge < -0.3 is 10.4 Å². The zero-order valence-electron chi connectivity index (χ0n) is 9.66. The fraction of sp³-hybridized carbons (Fsp3) is 1.00. The quantitative estimate of drug-likeness (QED) is 0.705. The summed E-state index contributed by atoms with van der Waals surface area (Å²) in [5.74, 6) is 0. The topological polar surface area (TPSA) is 35.5 Å². The Balaban J connectivity index is 2.50. The highest BCUT2D eigenvalue weighted by Crippen LogP contribution is 2.16. The number of nitrogens with one attached hydrogen (secondary N) is 1. The molecule has 1 aliphatic rings. The summed E-state index contributed by atoms with van der Waals surface area (Å²) in [6, 6.07) is 0.939. The first-order valence-electron chi connectivity index (χ1n) is 5.81. The first kappa shape index (κ1) is 12.0. The van der Waals surface area contributed by atoms with Gasteiger partial charge in [0.1, 0.15) is 0 Å². The zero-order chi connectivity index (χ0) is 10.6. The molecule has 0 bridgehead atoms. The van der Waals surface area contributed by atoms with Crippen molar-refractivity contribution < 1.29 is 5.11 Å². The van der Waals surface area contributed by atoms with E-state index in [1.165, 1.54) is 12.8 Å². The number of aliphatic hydroxyl groups excluding tert-OH is 1. The van der Waals surface area contributed by atoms with E-state index in [4.69, 9.17) is 0 Å². The molecule has 0 radical (unpaired) electrons. The van der Waals surface area contributed by atoms with Crippen LogP contribution >= 0.6 is 0 Å². The smallest absolute Gasteiger partial charge is 0.0664 e. The Morgan fingerprint density at radius 3 is 2.36 bits per heavy atom. The summed E-state index contributed by atoms with van der Waals surface area (Å²) in [5, 5.41) is 13.0. The highest BCUT2D eigenvalue weighted by Gasteiger charge is 2.25.